The Morgan fingerprint density at radius 3 is 1.60 bits per heavy atom. The minimum Gasteiger partial charge on any atom is -0.444 e. The molecular formula is C38H46FIN4O6. The topological polar surface area (TPSA) is 117 Å². The van der Waals surface area contributed by atoms with Crippen molar-refractivity contribution in [3.05, 3.63) is 82.2 Å². The monoisotopic (exact) mass is 800 g/mol. The molecule has 0 aromatic heterocycles. The molecule has 268 valence electrons. The van der Waals surface area contributed by atoms with Crippen molar-refractivity contribution in [1.29, 1.82) is 0 Å². The third-order valence-corrected chi connectivity index (χ3v) is 8.78. The van der Waals surface area contributed by atoms with Crippen molar-refractivity contribution in [2.75, 3.05) is 23.7 Å². The summed E-state index contributed by atoms with van der Waals surface area (Å²) in [4.78, 5) is 53.1. The van der Waals surface area contributed by atoms with Gasteiger partial charge in [-0.1, -0.05) is 42.5 Å². The van der Waals surface area contributed by atoms with Crippen LogP contribution in [0.4, 0.5) is 25.4 Å². The summed E-state index contributed by atoms with van der Waals surface area (Å²) in [5, 5.41) is 5.84. The van der Waals surface area contributed by atoms with Gasteiger partial charge in [-0.3, -0.25) is 19.4 Å². The summed E-state index contributed by atoms with van der Waals surface area (Å²) < 4.78 is 25.0. The van der Waals surface area contributed by atoms with Crippen LogP contribution in [0.2, 0.25) is 0 Å². The molecule has 3 aromatic rings. The SMILES string of the molecule is CC(C)(C)OC(=O)N1CCC[C@H]1C(=O)Nc1ccccc1-c1ccc(F)cc1.CC(C)(C)OC(=O)N1CCC[C@H]1C(=O)Nc1ccccc1I. The predicted molar refractivity (Wildman–Crippen MR) is 200 cm³/mol. The Hall–Kier alpha value is -4.20. The minimum absolute atomic E-state index is 0.160. The molecule has 0 spiro atoms. The molecule has 2 heterocycles. The maximum Gasteiger partial charge on any atom is 0.410 e. The molecule has 2 aliphatic heterocycles. The molecule has 12 heteroatoms. The second-order valence-corrected chi connectivity index (χ2v) is 15.3. The van der Waals surface area contributed by atoms with Crippen LogP contribution in [0.3, 0.4) is 0 Å². The van der Waals surface area contributed by atoms with Crippen LogP contribution in [-0.4, -0.2) is 70.2 Å². The van der Waals surface area contributed by atoms with E-state index in [2.05, 4.69) is 33.2 Å². The van der Waals surface area contributed by atoms with Gasteiger partial charge in [-0.2, -0.15) is 0 Å². The molecule has 0 unspecified atom stereocenters. The number of carbonyl (C=O) groups excluding carboxylic acids is 4. The summed E-state index contributed by atoms with van der Waals surface area (Å²) in [5.41, 5.74) is 1.80. The molecule has 2 N–H and O–H groups in total. The Morgan fingerprint density at radius 2 is 1.12 bits per heavy atom. The van der Waals surface area contributed by atoms with Crippen LogP contribution < -0.4 is 10.6 Å². The fraction of sp³-hybridized carbons (Fsp3) is 0.421. The summed E-state index contributed by atoms with van der Waals surface area (Å²) in [6.07, 6.45) is 1.91. The number of amides is 4. The quantitative estimate of drug-likeness (QED) is 0.250. The number of carbonyl (C=O) groups is 4. The van der Waals surface area contributed by atoms with Gasteiger partial charge in [0.1, 0.15) is 29.1 Å². The van der Waals surface area contributed by atoms with Gasteiger partial charge in [0.25, 0.3) is 0 Å². The van der Waals surface area contributed by atoms with Gasteiger partial charge in [0.05, 0.1) is 5.69 Å². The van der Waals surface area contributed by atoms with Gasteiger partial charge in [0.15, 0.2) is 0 Å². The molecule has 0 bridgehead atoms. The highest BCUT2D eigenvalue weighted by atomic mass is 127. The van der Waals surface area contributed by atoms with Gasteiger partial charge < -0.3 is 20.1 Å². The van der Waals surface area contributed by atoms with E-state index in [1.807, 2.05) is 63.2 Å². The van der Waals surface area contributed by atoms with Crippen molar-refractivity contribution < 1.29 is 33.0 Å². The smallest absolute Gasteiger partial charge is 0.410 e. The molecule has 4 amide bonds. The molecule has 3 aromatic carbocycles. The van der Waals surface area contributed by atoms with Gasteiger partial charge in [0, 0.05) is 27.9 Å². The van der Waals surface area contributed by atoms with Crippen LogP contribution >= 0.6 is 22.6 Å². The number of para-hydroxylation sites is 2. The highest BCUT2D eigenvalue weighted by Crippen LogP contribution is 2.30. The molecule has 2 fully saturated rings. The number of halogens is 2. The molecule has 10 nitrogen and oxygen atoms in total. The number of hydrogen-bond acceptors (Lipinski definition) is 6. The Morgan fingerprint density at radius 1 is 0.680 bits per heavy atom. The Balaban J connectivity index is 0.000000232. The van der Waals surface area contributed by atoms with Crippen LogP contribution in [0.25, 0.3) is 11.1 Å². The number of rotatable bonds is 5. The van der Waals surface area contributed by atoms with E-state index in [1.54, 1.807) is 39.0 Å². The lowest BCUT2D eigenvalue weighted by molar-refractivity contribution is -0.121. The highest BCUT2D eigenvalue weighted by molar-refractivity contribution is 14.1. The van der Waals surface area contributed by atoms with Crippen molar-refractivity contribution >= 4 is 58.0 Å². The number of anilines is 2. The maximum absolute atomic E-state index is 13.2. The van der Waals surface area contributed by atoms with E-state index in [4.69, 9.17) is 9.47 Å². The van der Waals surface area contributed by atoms with Crippen molar-refractivity contribution in [3.63, 3.8) is 0 Å². The zero-order chi connectivity index (χ0) is 36.6. The van der Waals surface area contributed by atoms with Crippen molar-refractivity contribution in [1.82, 2.24) is 9.80 Å². The minimum atomic E-state index is -0.615. The largest absolute Gasteiger partial charge is 0.444 e. The van der Waals surface area contributed by atoms with Crippen molar-refractivity contribution in [3.8, 4) is 11.1 Å². The number of nitrogens with zero attached hydrogens (tertiary/aromatic N) is 2. The van der Waals surface area contributed by atoms with E-state index in [0.717, 1.165) is 33.2 Å². The van der Waals surface area contributed by atoms with Crippen LogP contribution in [-0.2, 0) is 19.1 Å². The van der Waals surface area contributed by atoms with E-state index in [9.17, 15) is 23.6 Å². The highest BCUT2D eigenvalue weighted by Gasteiger charge is 2.38. The molecule has 0 radical (unpaired) electrons. The fourth-order valence-electron chi connectivity index (χ4n) is 5.62. The molecule has 2 saturated heterocycles. The Labute approximate surface area is 307 Å². The summed E-state index contributed by atoms with van der Waals surface area (Å²) >= 11 is 2.17. The second kappa shape index (κ2) is 16.7. The van der Waals surface area contributed by atoms with Crippen LogP contribution in [0, 0.1) is 9.39 Å². The molecule has 2 aliphatic rings. The first-order chi connectivity index (χ1) is 23.5. The number of ether oxygens (including phenoxy) is 2. The van der Waals surface area contributed by atoms with Gasteiger partial charge in [0.2, 0.25) is 11.8 Å². The first kappa shape index (κ1) is 38.6. The van der Waals surface area contributed by atoms with E-state index < -0.39 is 35.5 Å². The van der Waals surface area contributed by atoms with Crippen LogP contribution in [0.1, 0.15) is 67.2 Å². The lowest BCUT2D eigenvalue weighted by Crippen LogP contribution is -2.45. The predicted octanol–water partition coefficient (Wildman–Crippen LogP) is 8.46. The normalized spacial score (nSPS) is 17.4. The first-order valence-corrected chi connectivity index (χ1v) is 17.8. The van der Waals surface area contributed by atoms with Gasteiger partial charge in [-0.05, 0) is 126 Å². The molecule has 0 saturated carbocycles. The van der Waals surface area contributed by atoms with Gasteiger partial charge >= 0.3 is 12.2 Å². The number of benzene rings is 3. The van der Waals surface area contributed by atoms with E-state index in [0.29, 0.717) is 31.6 Å². The lowest BCUT2D eigenvalue weighted by atomic mass is 10.0. The van der Waals surface area contributed by atoms with Crippen LogP contribution in [0.15, 0.2) is 72.8 Å². The number of likely N-dealkylation sites (tertiary alicyclic amines) is 2. The maximum atomic E-state index is 13.2. The van der Waals surface area contributed by atoms with Gasteiger partial charge in [-0.25, -0.2) is 14.0 Å². The van der Waals surface area contributed by atoms with Crippen LogP contribution in [0.5, 0.6) is 0 Å². The average Bonchev–Trinajstić information content (AvgIpc) is 3.73. The molecular weight excluding hydrogens is 754 g/mol. The van der Waals surface area contributed by atoms with Crippen molar-refractivity contribution in [2.24, 2.45) is 0 Å². The number of nitrogens with one attached hydrogen (secondary N) is 2. The third kappa shape index (κ3) is 10.9. The molecule has 2 atom stereocenters. The average molecular weight is 801 g/mol. The number of hydrogen-bond donors (Lipinski definition) is 2. The lowest BCUT2D eigenvalue weighted by Gasteiger charge is -2.28. The summed E-state index contributed by atoms with van der Waals surface area (Å²) in [5.74, 6) is -0.727. The molecule has 0 aliphatic carbocycles. The Kier molecular flexibility index (Phi) is 12.9. The molecule has 50 heavy (non-hydrogen) atoms. The molecule has 5 rings (SSSR count). The zero-order valence-corrected chi connectivity index (χ0v) is 31.6. The zero-order valence-electron chi connectivity index (χ0n) is 29.4. The van der Waals surface area contributed by atoms with Gasteiger partial charge in [-0.15, -0.1) is 0 Å². The van der Waals surface area contributed by atoms with E-state index in [1.165, 1.54) is 21.9 Å². The summed E-state index contributed by atoms with van der Waals surface area (Å²) in [6, 6.07) is 20.0. The summed E-state index contributed by atoms with van der Waals surface area (Å²) in [7, 11) is 0. The summed E-state index contributed by atoms with van der Waals surface area (Å²) in [6.45, 7) is 11.9. The van der Waals surface area contributed by atoms with Crippen molar-refractivity contribution in [2.45, 2.75) is 90.5 Å². The first-order valence-electron chi connectivity index (χ1n) is 16.7. The fourth-order valence-corrected chi connectivity index (χ4v) is 6.15. The second-order valence-electron chi connectivity index (χ2n) is 14.2. The van der Waals surface area contributed by atoms with E-state index >= 15 is 0 Å². The Bertz CT molecular complexity index is 1670. The third-order valence-electron chi connectivity index (χ3n) is 7.84. The van der Waals surface area contributed by atoms with E-state index in [-0.39, 0.29) is 17.6 Å². The standard InChI is InChI=1S/C22H25FN2O3.C16H21IN2O3/c1-22(2,3)28-21(27)25-14-6-9-19(25)20(26)24-18-8-5-4-7-17(18)15-10-12-16(23)13-11-15;1-16(2,3)22-15(21)19-10-6-9-13(19)14(20)18-12-8-5-4-7-11(12)17/h4-5,7-8,10-13,19H,6,9,14H2,1-3H3,(H,24,26);4-5,7-8,13H,6,9-10H2,1-3H3,(H,18,20)/t19-;13-/m00/s1.